The summed E-state index contributed by atoms with van der Waals surface area (Å²) in [6.07, 6.45) is 1.10. The molecule has 4 aromatic rings. The van der Waals surface area contributed by atoms with Gasteiger partial charge in [0.15, 0.2) is 0 Å². The third-order valence-electron chi connectivity index (χ3n) is 5.46. The number of nitrogens with one attached hydrogen (secondary N) is 1. The van der Waals surface area contributed by atoms with E-state index >= 15 is 0 Å². The minimum atomic E-state index is -0.217. The number of nitriles is 1. The van der Waals surface area contributed by atoms with Crippen LogP contribution in [0.3, 0.4) is 0 Å². The number of carbonyl (C=O) groups excluding carboxylic acids is 1. The summed E-state index contributed by atoms with van der Waals surface area (Å²) in [5.74, 6) is 0.234. The second kappa shape index (κ2) is 9.12. The van der Waals surface area contributed by atoms with Gasteiger partial charge in [0, 0.05) is 12.2 Å². The zero-order valence-corrected chi connectivity index (χ0v) is 18.8. The molecule has 0 saturated carbocycles. The van der Waals surface area contributed by atoms with E-state index in [1.807, 2.05) is 44.2 Å². The topological polar surface area (TPSA) is 136 Å². The van der Waals surface area contributed by atoms with Gasteiger partial charge >= 0.3 is 0 Å². The van der Waals surface area contributed by atoms with Crippen molar-refractivity contribution < 1.29 is 9.32 Å². The van der Waals surface area contributed by atoms with Crippen LogP contribution in [-0.2, 0) is 6.42 Å². The molecule has 0 spiro atoms. The van der Waals surface area contributed by atoms with Crippen LogP contribution in [0.1, 0.15) is 59.2 Å². The smallest absolute Gasteiger partial charge is 0.259 e. The maximum Gasteiger partial charge on any atom is 0.259 e. The Bertz CT molecular complexity index is 1350. The fourth-order valence-electron chi connectivity index (χ4n) is 3.68. The van der Waals surface area contributed by atoms with Gasteiger partial charge in [-0.1, -0.05) is 37.2 Å². The number of hydrogen-bond acceptors (Lipinski definition) is 7. The number of anilines is 1. The number of para-hydroxylation sites is 1. The lowest BCUT2D eigenvalue weighted by molar-refractivity contribution is 0.0954. The van der Waals surface area contributed by atoms with E-state index in [0.29, 0.717) is 58.8 Å². The summed E-state index contributed by atoms with van der Waals surface area (Å²) >= 11 is 0. The van der Waals surface area contributed by atoms with Gasteiger partial charge in [0.1, 0.15) is 17.5 Å². The van der Waals surface area contributed by atoms with Crippen molar-refractivity contribution in [1.29, 1.82) is 5.26 Å². The first-order chi connectivity index (χ1) is 15.9. The Hall–Kier alpha value is -4.19. The summed E-state index contributed by atoms with van der Waals surface area (Å²) in [4.78, 5) is 17.4. The molecule has 3 aromatic heterocycles. The highest BCUT2D eigenvalue weighted by molar-refractivity contribution is 6.06. The minimum absolute atomic E-state index is 0.140. The van der Waals surface area contributed by atoms with E-state index in [4.69, 9.17) is 10.3 Å². The molecule has 0 unspecified atom stereocenters. The number of aryl methyl sites for hydroxylation is 2. The van der Waals surface area contributed by atoms with E-state index in [1.54, 1.807) is 17.7 Å². The second-order valence-corrected chi connectivity index (χ2v) is 8.12. The van der Waals surface area contributed by atoms with Crippen molar-refractivity contribution in [2.24, 2.45) is 0 Å². The third kappa shape index (κ3) is 4.28. The Kier molecular flexibility index (Phi) is 6.09. The van der Waals surface area contributed by atoms with Gasteiger partial charge in [-0.05, 0) is 43.9 Å². The maximum atomic E-state index is 13.0. The predicted molar refractivity (Wildman–Crippen MR) is 124 cm³/mol. The Labute approximate surface area is 191 Å². The van der Waals surface area contributed by atoms with Crippen LogP contribution >= 0.6 is 0 Å². The molecule has 168 valence electrons. The van der Waals surface area contributed by atoms with Gasteiger partial charge in [-0.15, -0.1) is 0 Å². The van der Waals surface area contributed by atoms with E-state index < -0.39 is 0 Å². The van der Waals surface area contributed by atoms with Crippen molar-refractivity contribution in [1.82, 2.24) is 25.2 Å². The molecule has 9 nitrogen and oxygen atoms in total. The average Bonchev–Trinajstić information content (AvgIpc) is 3.35. The average molecular weight is 444 g/mol. The van der Waals surface area contributed by atoms with E-state index in [-0.39, 0.29) is 11.8 Å². The first-order valence-corrected chi connectivity index (χ1v) is 10.8. The maximum absolute atomic E-state index is 13.0. The van der Waals surface area contributed by atoms with Crippen molar-refractivity contribution in [3.05, 3.63) is 64.6 Å². The summed E-state index contributed by atoms with van der Waals surface area (Å²) in [5, 5.41) is 21.6. The number of fused-ring (bicyclic) bond motifs is 1. The molecule has 0 bridgehead atoms. The lowest BCUT2D eigenvalue weighted by atomic mass is 10.0. The Balaban J connectivity index is 1.47. The number of rotatable bonds is 7. The fourth-order valence-corrected chi connectivity index (χ4v) is 3.68. The van der Waals surface area contributed by atoms with E-state index in [1.165, 1.54) is 0 Å². The van der Waals surface area contributed by atoms with E-state index in [2.05, 4.69) is 26.6 Å². The van der Waals surface area contributed by atoms with Crippen LogP contribution in [0.2, 0.25) is 0 Å². The zero-order chi connectivity index (χ0) is 23.5. The molecule has 0 aliphatic rings. The molecular weight excluding hydrogens is 418 g/mol. The van der Waals surface area contributed by atoms with Crippen LogP contribution in [-0.4, -0.2) is 32.4 Å². The van der Waals surface area contributed by atoms with Crippen molar-refractivity contribution >= 4 is 22.8 Å². The second-order valence-electron chi connectivity index (χ2n) is 8.12. The lowest BCUT2D eigenvalue weighted by Crippen LogP contribution is -2.25. The van der Waals surface area contributed by atoms with Gasteiger partial charge in [-0.2, -0.15) is 10.4 Å². The quantitative estimate of drug-likeness (QED) is 0.416. The Morgan fingerprint density at radius 2 is 2.06 bits per heavy atom. The van der Waals surface area contributed by atoms with Gasteiger partial charge < -0.3 is 15.6 Å². The number of nitrogen functional groups attached to an aromatic ring is 1. The number of aromatic nitrogens is 4. The van der Waals surface area contributed by atoms with Gasteiger partial charge in [0.2, 0.25) is 0 Å². The summed E-state index contributed by atoms with van der Waals surface area (Å²) in [6.45, 7) is 6.21. The van der Waals surface area contributed by atoms with Gasteiger partial charge in [-0.3, -0.25) is 4.79 Å². The normalized spacial score (nSPS) is 11.1. The number of nitrogens with zero attached hydrogens (tertiary/aromatic N) is 5. The SMILES string of the molecule is Cc1noc2nc(C(C)C)cc(C(=O)NCCCc3nn(-c4ccccc4)c(N)c3C#N)c12. The molecule has 3 N–H and O–H groups in total. The first kappa shape index (κ1) is 22.0. The first-order valence-electron chi connectivity index (χ1n) is 10.8. The molecule has 0 fully saturated rings. The van der Waals surface area contributed by atoms with Gasteiger partial charge in [0.25, 0.3) is 11.6 Å². The molecule has 4 rings (SSSR count). The summed E-state index contributed by atoms with van der Waals surface area (Å²) in [6, 6.07) is 13.4. The minimum Gasteiger partial charge on any atom is -0.382 e. The molecule has 1 aromatic carbocycles. The molecule has 3 heterocycles. The number of amides is 1. The van der Waals surface area contributed by atoms with Crippen LogP contribution < -0.4 is 11.1 Å². The van der Waals surface area contributed by atoms with Gasteiger partial charge in [0.05, 0.1) is 28.0 Å². The molecule has 9 heteroatoms. The largest absolute Gasteiger partial charge is 0.382 e. The highest BCUT2D eigenvalue weighted by Gasteiger charge is 2.20. The standard InChI is InChI=1S/C24H25N7O2/c1-14(2)20-12-17(21-15(3)30-33-24(21)28-20)23(32)27-11-7-10-19-18(13-25)22(26)31(29-19)16-8-5-4-6-9-16/h4-6,8-9,12,14H,7,10-11,26H2,1-3H3,(H,27,32). The number of pyridine rings is 1. The highest BCUT2D eigenvalue weighted by atomic mass is 16.5. The number of carbonyl (C=O) groups is 1. The monoisotopic (exact) mass is 443 g/mol. The fraction of sp³-hybridized carbons (Fsp3) is 0.292. The predicted octanol–water partition coefficient (Wildman–Crippen LogP) is 3.66. The molecule has 0 aliphatic carbocycles. The van der Waals surface area contributed by atoms with Crippen LogP contribution in [0.25, 0.3) is 16.8 Å². The number of nitrogens with two attached hydrogens (primary N) is 1. The van der Waals surface area contributed by atoms with Crippen LogP contribution in [0.15, 0.2) is 40.9 Å². The summed E-state index contributed by atoms with van der Waals surface area (Å²) in [7, 11) is 0. The number of hydrogen-bond donors (Lipinski definition) is 2. The third-order valence-corrected chi connectivity index (χ3v) is 5.46. The van der Waals surface area contributed by atoms with Crippen molar-refractivity contribution in [3.8, 4) is 11.8 Å². The van der Waals surface area contributed by atoms with Crippen molar-refractivity contribution in [3.63, 3.8) is 0 Å². The molecule has 0 aliphatic heterocycles. The van der Waals surface area contributed by atoms with E-state index in [0.717, 1.165) is 11.4 Å². The summed E-state index contributed by atoms with van der Waals surface area (Å²) in [5.41, 5.74) is 10.2. The molecule has 0 saturated heterocycles. The van der Waals surface area contributed by atoms with Crippen molar-refractivity contribution in [2.75, 3.05) is 12.3 Å². The Morgan fingerprint density at radius 3 is 2.76 bits per heavy atom. The van der Waals surface area contributed by atoms with E-state index in [9.17, 15) is 10.1 Å². The van der Waals surface area contributed by atoms with Gasteiger partial charge in [-0.25, -0.2) is 9.67 Å². The van der Waals surface area contributed by atoms with Crippen LogP contribution in [0.4, 0.5) is 5.82 Å². The molecule has 1 amide bonds. The van der Waals surface area contributed by atoms with Crippen LogP contribution in [0.5, 0.6) is 0 Å². The molecule has 0 atom stereocenters. The number of benzene rings is 1. The Morgan fingerprint density at radius 1 is 1.30 bits per heavy atom. The summed E-state index contributed by atoms with van der Waals surface area (Å²) < 4.78 is 6.87. The molecule has 33 heavy (non-hydrogen) atoms. The molecule has 0 radical (unpaired) electrons. The van der Waals surface area contributed by atoms with Crippen LogP contribution in [0, 0.1) is 18.3 Å². The zero-order valence-electron chi connectivity index (χ0n) is 18.8. The lowest BCUT2D eigenvalue weighted by Gasteiger charge is -2.09. The molecular formula is C24H25N7O2. The van der Waals surface area contributed by atoms with Crippen molar-refractivity contribution in [2.45, 2.75) is 39.5 Å². The highest BCUT2D eigenvalue weighted by Crippen LogP contribution is 2.25.